The monoisotopic (exact) mass is 439 g/mol. The van der Waals surface area contributed by atoms with Crippen LogP contribution in [0.2, 0.25) is 0 Å². The van der Waals surface area contributed by atoms with E-state index in [1.165, 1.54) is 25.4 Å². The molecule has 0 atom stereocenters. The van der Waals surface area contributed by atoms with Crippen molar-refractivity contribution in [3.63, 3.8) is 0 Å². The second-order valence-corrected chi connectivity index (χ2v) is 9.63. The average Bonchev–Trinajstić information content (AvgIpc) is 3.52. The lowest BCUT2D eigenvalue weighted by Gasteiger charge is -2.11. The number of aromatic amines is 1. The number of hydrogen-bond acceptors (Lipinski definition) is 5. The first-order valence-electron chi connectivity index (χ1n) is 9.91. The average molecular weight is 440 g/mol. The van der Waals surface area contributed by atoms with Crippen LogP contribution in [0.1, 0.15) is 15.9 Å². The summed E-state index contributed by atoms with van der Waals surface area (Å²) in [5.41, 5.74) is 5.21. The number of carbonyl (C=O) groups is 1. The molecule has 0 fully saturated rings. The minimum atomic E-state index is 0.705. The van der Waals surface area contributed by atoms with Crippen LogP contribution in [0.4, 0.5) is 11.4 Å². The number of rotatable bonds is 4. The Kier molecular flexibility index (Phi) is 4.16. The number of anilines is 2. The Labute approximate surface area is 186 Å². The highest BCUT2D eigenvalue weighted by molar-refractivity contribution is 7.28. The molecule has 6 heteroatoms. The fourth-order valence-electron chi connectivity index (χ4n) is 3.99. The van der Waals surface area contributed by atoms with Crippen molar-refractivity contribution < 1.29 is 4.79 Å². The first kappa shape index (κ1) is 18.3. The molecule has 4 aromatic heterocycles. The number of aromatic nitrogens is 2. The zero-order valence-electron chi connectivity index (χ0n) is 16.6. The van der Waals surface area contributed by atoms with Gasteiger partial charge in [-0.3, -0.25) is 4.79 Å². The summed E-state index contributed by atoms with van der Waals surface area (Å²) >= 11 is 3.44. The lowest BCUT2D eigenvalue weighted by atomic mass is 10.1. The first-order chi connectivity index (χ1) is 15.2. The van der Waals surface area contributed by atoms with Gasteiger partial charge < -0.3 is 10.3 Å². The highest BCUT2D eigenvalue weighted by Crippen LogP contribution is 2.41. The van der Waals surface area contributed by atoms with Crippen LogP contribution in [-0.4, -0.2) is 16.3 Å². The van der Waals surface area contributed by atoms with E-state index in [0.29, 0.717) is 5.56 Å². The van der Waals surface area contributed by atoms with E-state index in [4.69, 9.17) is 0 Å². The number of fused-ring (bicyclic) bond motifs is 3. The van der Waals surface area contributed by atoms with Gasteiger partial charge in [0.1, 0.15) is 11.1 Å². The van der Waals surface area contributed by atoms with Crippen LogP contribution in [0, 0.1) is 6.92 Å². The molecule has 2 aromatic carbocycles. The van der Waals surface area contributed by atoms with Crippen molar-refractivity contribution in [2.24, 2.45) is 0 Å². The van der Waals surface area contributed by atoms with E-state index in [1.807, 2.05) is 36.7 Å². The molecule has 0 spiro atoms. The van der Waals surface area contributed by atoms with Gasteiger partial charge in [-0.1, -0.05) is 6.07 Å². The lowest BCUT2D eigenvalue weighted by Crippen LogP contribution is -1.94. The summed E-state index contributed by atoms with van der Waals surface area (Å²) in [7, 11) is 0. The molecule has 150 valence electrons. The minimum Gasteiger partial charge on any atom is -0.361 e. The molecule has 0 unspecified atom stereocenters. The number of pyridine rings is 1. The summed E-state index contributed by atoms with van der Waals surface area (Å²) < 4.78 is 1.18. The Morgan fingerprint density at radius 1 is 0.935 bits per heavy atom. The largest absolute Gasteiger partial charge is 0.361 e. The number of benzene rings is 2. The van der Waals surface area contributed by atoms with Crippen LogP contribution in [-0.2, 0) is 0 Å². The van der Waals surface area contributed by atoms with E-state index in [2.05, 4.69) is 52.5 Å². The van der Waals surface area contributed by atoms with E-state index in [0.717, 1.165) is 38.8 Å². The standard InChI is InChI=1S/C25H17N3OS2/c1-14-17-6-8-26-20(17)4-3-19(14)28-21-7-9-27-25-18(21)12-24(31-25)23-11-16-10-15(13-29)2-5-22(16)30-23/h2-13,26H,1H3,(H,27,28). The van der Waals surface area contributed by atoms with Crippen LogP contribution in [0.25, 0.3) is 41.0 Å². The number of carbonyl (C=O) groups excluding carboxylic acids is 1. The molecular formula is C25H17N3OS2. The van der Waals surface area contributed by atoms with Crippen molar-refractivity contribution in [3.8, 4) is 9.75 Å². The van der Waals surface area contributed by atoms with Gasteiger partial charge in [0.05, 0.1) is 5.69 Å². The Morgan fingerprint density at radius 2 is 1.84 bits per heavy atom. The molecule has 0 aliphatic rings. The minimum absolute atomic E-state index is 0.705. The molecular weight excluding hydrogens is 422 g/mol. The van der Waals surface area contributed by atoms with Crippen LogP contribution >= 0.6 is 22.7 Å². The van der Waals surface area contributed by atoms with Gasteiger partial charge in [-0.25, -0.2) is 4.98 Å². The quantitative estimate of drug-likeness (QED) is 0.279. The SMILES string of the molecule is Cc1c(Nc2ccnc3sc(-c4cc5cc(C=O)ccc5s4)cc23)ccc2[nH]ccc12. The van der Waals surface area contributed by atoms with Crippen LogP contribution in [0.5, 0.6) is 0 Å². The lowest BCUT2D eigenvalue weighted by molar-refractivity contribution is 0.112. The van der Waals surface area contributed by atoms with Crippen LogP contribution < -0.4 is 5.32 Å². The van der Waals surface area contributed by atoms with Crippen molar-refractivity contribution in [2.75, 3.05) is 5.32 Å². The van der Waals surface area contributed by atoms with Gasteiger partial charge >= 0.3 is 0 Å². The van der Waals surface area contributed by atoms with Crippen molar-refractivity contribution in [2.45, 2.75) is 6.92 Å². The maximum Gasteiger partial charge on any atom is 0.150 e. The number of hydrogen-bond donors (Lipinski definition) is 2. The van der Waals surface area contributed by atoms with Gasteiger partial charge in [-0.15, -0.1) is 22.7 Å². The Morgan fingerprint density at radius 3 is 2.74 bits per heavy atom. The molecule has 6 rings (SSSR count). The summed E-state index contributed by atoms with van der Waals surface area (Å²) in [5, 5.41) is 7.06. The highest BCUT2D eigenvalue weighted by Gasteiger charge is 2.13. The Bertz CT molecular complexity index is 1610. The molecule has 4 nitrogen and oxygen atoms in total. The van der Waals surface area contributed by atoms with Crippen molar-refractivity contribution >= 4 is 71.5 Å². The van der Waals surface area contributed by atoms with E-state index < -0.39 is 0 Å². The molecule has 0 saturated carbocycles. The van der Waals surface area contributed by atoms with Gasteiger partial charge in [-0.05, 0) is 66.4 Å². The molecule has 31 heavy (non-hydrogen) atoms. The van der Waals surface area contributed by atoms with Crippen LogP contribution in [0.3, 0.4) is 0 Å². The summed E-state index contributed by atoms with van der Waals surface area (Å²) in [6, 6.07) is 18.6. The number of nitrogens with one attached hydrogen (secondary N) is 2. The third kappa shape index (κ3) is 3.03. The summed E-state index contributed by atoms with van der Waals surface area (Å²) in [6.45, 7) is 2.14. The molecule has 4 heterocycles. The second kappa shape index (κ2) is 7.04. The van der Waals surface area contributed by atoms with E-state index in [9.17, 15) is 4.79 Å². The molecule has 0 aliphatic carbocycles. The third-order valence-electron chi connectivity index (χ3n) is 5.63. The van der Waals surface area contributed by atoms with Gasteiger partial charge in [0.15, 0.2) is 0 Å². The fraction of sp³-hybridized carbons (Fsp3) is 0.0400. The summed E-state index contributed by atoms with van der Waals surface area (Å²) in [4.78, 5) is 22.4. The highest BCUT2D eigenvalue weighted by atomic mass is 32.1. The van der Waals surface area contributed by atoms with Crippen molar-refractivity contribution in [1.29, 1.82) is 0 Å². The molecule has 0 amide bonds. The van der Waals surface area contributed by atoms with Gasteiger partial charge in [0, 0.05) is 54.4 Å². The number of aldehydes is 1. The molecule has 0 aliphatic heterocycles. The molecule has 6 aromatic rings. The number of thiophene rings is 2. The summed E-state index contributed by atoms with van der Waals surface area (Å²) in [5.74, 6) is 0. The molecule has 0 bridgehead atoms. The Balaban J connectivity index is 1.43. The van der Waals surface area contributed by atoms with Crippen LogP contribution in [0.15, 0.2) is 67.0 Å². The van der Waals surface area contributed by atoms with E-state index in [-0.39, 0.29) is 0 Å². The molecule has 2 N–H and O–H groups in total. The second-order valence-electron chi connectivity index (χ2n) is 7.52. The Hall–Kier alpha value is -3.48. The van der Waals surface area contributed by atoms with Gasteiger partial charge in [0.25, 0.3) is 0 Å². The van der Waals surface area contributed by atoms with E-state index >= 15 is 0 Å². The molecule has 0 radical (unpaired) electrons. The third-order valence-corrected chi connectivity index (χ3v) is 7.98. The van der Waals surface area contributed by atoms with Gasteiger partial charge in [0.2, 0.25) is 0 Å². The fourth-order valence-corrected chi connectivity index (χ4v) is 6.13. The maximum absolute atomic E-state index is 11.1. The number of nitrogens with zero attached hydrogens (tertiary/aromatic N) is 1. The molecule has 0 saturated heterocycles. The predicted molar refractivity (Wildman–Crippen MR) is 132 cm³/mol. The first-order valence-corrected chi connectivity index (χ1v) is 11.5. The number of H-pyrrole nitrogens is 1. The predicted octanol–water partition coefficient (Wildman–Crippen LogP) is 7.52. The summed E-state index contributed by atoms with van der Waals surface area (Å²) in [6.07, 6.45) is 4.72. The van der Waals surface area contributed by atoms with Gasteiger partial charge in [-0.2, -0.15) is 0 Å². The number of aryl methyl sites for hydroxylation is 1. The topological polar surface area (TPSA) is 57.8 Å². The van der Waals surface area contributed by atoms with Crippen molar-refractivity contribution in [1.82, 2.24) is 9.97 Å². The smallest absolute Gasteiger partial charge is 0.150 e. The zero-order chi connectivity index (χ0) is 20.9. The normalized spacial score (nSPS) is 11.5. The van der Waals surface area contributed by atoms with E-state index in [1.54, 1.807) is 22.7 Å². The maximum atomic E-state index is 11.1. The van der Waals surface area contributed by atoms with Crippen molar-refractivity contribution in [3.05, 3.63) is 78.1 Å². The zero-order valence-corrected chi connectivity index (χ0v) is 18.2.